The lowest BCUT2D eigenvalue weighted by atomic mass is 10.2. The van der Waals surface area contributed by atoms with Crippen LogP contribution in [0.1, 0.15) is 26.2 Å². The Bertz CT molecular complexity index is 423. The summed E-state index contributed by atoms with van der Waals surface area (Å²) in [7, 11) is 2.04. The predicted molar refractivity (Wildman–Crippen MR) is 76.5 cm³/mol. The first-order valence-electron chi connectivity index (χ1n) is 6.56. The molecule has 0 spiro atoms. The van der Waals surface area contributed by atoms with Crippen LogP contribution >= 0.6 is 0 Å². The Morgan fingerprint density at radius 1 is 1.42 bits per heavy atom. The van der Waals surface area contributed by atoms with Crippen LogP contribution in [0.4, 0.5) is 15.8 Å². The lowest BCUT2D eigenvalue weighted by molar-refractivity contribution is -0.116. The maximum absolute atomic E-state index is 12.9. The van der Waals surface area contributed by atoms with Crippen molar-refractivity contribution in [1.29, 1.82) is 0 Å². The maximum Gasteiger partial charge on any atom is 0.224 e. The molecular formula is C14H22FN3O. The number of hydrogen-bond donors (Lipinski definition) is 2. The van der Waals surface area contributed by atoms with Gasteiger partial charge in [-0.2, -0.15) is 0 Å². The summed E-state index contributed by atoms with van der Waals surface area (Å²) in [5, 5.41) is 2.69. The minimum Gasteiger partial charge on any atom is -0.397 e. The molecule has 0 bridgehead atoms. The molecule has 0 saturated carbocycles. The Labute approximate surface area is 113 Å². The van der Waals surface area contributed by atoms with Gasteiger partial charge in [-0.05, 0) is 51.2 Å². The summed E-state index contributed by atoms with van der Waals surface area (Å²) in [6, 6.07) is 3.96. The molecule has 0 heterocycles. The fourth-order valence-electron chi connectivity index (χ4n) is 1.86. The normalized spacial score (nSPS) is 10.7. The Kier molecular flexibility index (Phi) is 6.29. The van der Waals surface area contributed by atoms with E-state index in [0.29, 0.717) is 12.1 Å². The van der Waals surface area contributed by atoms with E-state index in [9.17, 15) is 9.18 Å². The Morgan fingerprint density at radius 3 is 2.79 bits per heavy atom. The van der Waals surface area contributed by atoms with Crippen LogP contribution in [0.5, 0.6) is 0 Å². The molecule has 0 unspecified atom stereocenters. The monoisotopic (exact) mass is 267 g/mol. The van der Waals surface area contributed by atoms with E-state index in [1.807, 2.05) is 7.05 Å². The number of amides is 1. The Balaban J connectivity index is 2.35. The zero-order valence-electron chi connectivity index (χ0n) is 11.6. The summed E-state index contributed by atoms with van der Waals surface area (Å²) in [6.07, 6.45) is 2.34. The molecule has 0 saturated heterocycles. The average molecular weight is 267 g/mol. The van der Waals surface area contributed by atoms with Crippen LogP contribution in [0.3, 0.4) is 0 Å². The number of hydrogen-bond acceptors (Lipinski definition) is 3. The highest BCUT2D eigenvalue weighted by molar-refractivity contribution is 5.93. The molecule has 5 heteroatoms. The van der Waals surface area contributed by atoms with Gasteiger partial charge in [0.25, 0.3) is 0 Å². The number of nitrogens with one attached hydrogen (secondary N) is 1. The van der Waals surface area contributed by atoms with Gasteiger partial charge in [0.2, 0.25) is 5.91 Å². The van der Waals surface area contributed by atoms with Gasteiger partial charge in [0, 0.05) is 6.42 Å². The molecule has 0 aliphatic rings. The van der Waals surface area contributed by atoms with Crippen LogP contribution in [0, 0.1) is 5.82 Å². The zero-order valence-corrected chi connectivity index (χ0v) is 11.6. The second kappa shape index (κ2) is 7.74. The van der Waals surface area contributed by atoms with Crippen LogP contribution in [0.15, 0.2) is 18.2 Å². The fourth-order valence-corrected chi connectivity index (χ4v) is 1.86. The second-order valence-electron chi connectivity index (χ2n) is 4.69. The quantitative estimate of drug-likeness (QED) is 0.746. The van der Waals surface area contributed by atoms with Gasteiger partial charge in [-0.3, -0.25) is 4.79 Å². The zero-order chi connectivity index (χ0) is 14.3. The van der Waals surface area contributed by atoms with Gasteiger partial charge in [0.1, 0.15) is 5.82 Å². The molecule has 3 N–H and O–H groups in total. The lowest BCUT2D eigenvalue weighted by Crippen LogP contribution is -2.22. The highest BCUT2D eigenvalue weighted by Gasteiger charge is 2.06. The lowest BCUT2D eigenvalue weighted by Gasteiger charge is -2.15. The molecule has 0 aromatic heterocycles. The van der Waals surface area contributed by atoms with Gasteiger partial charge >= 0.3 is 0 Å². The van der Waals surface area contributed by atoms with Crippen molar-refractivity contribution in [3.8, 4) is 0 Å². The van der Waals surface area contributed by atoms with Crippen LogP contribution in [0.2, 0.25) is 0 Å². The number of halogens is 1. The molecule has 0 aliphatic heterocycles. The van der Waals surface area contributed by atoms with E-state index in [-0.39, 0.29) is 11.6 Å². The molecule has 1 rings (SSSR count). The molecule has 1 amide bonds. The molecule has 1 aromatic carbocycles. The third kappa shape index (κ3) is 5.70. The van der Waals surface area contributed by atoms with Crippen molar-refractivity contribution in [2.45, 2.75) is 26.2 Å². The van der Waals surface area contributed by atoms with E-state index in [4.69, 9.17) is 5.73 Å². The smallest absolute Gasteiger partial charge is 0.224 e. The van der Waals surface area contributed by atoms with Crippen LogP contribution in [0.25, 0.3) is 0 Å². The third-order valence-corrected chi connectivity index (χ3v) is 2.84. The molecule has 0 fully saturated rings. The number of rotatable bonds is 7. The van der Waals surface area contributed by atoms with Crippen LogP contribution in [-0.4, -0.2) is 30.9 Å². The maximum atomic E-state index is 12.9. The van der Waals surface area contributed by atoms with E-state index in [1.165, 1.54) is 18.2 Å². The molecule has 0 atom stereocenters. The van der Waals surface area contributed by atoms with Gasteiger partial charge in [0.05, 0.1) is 11.4 Å². The number of benzene rings is 1. The number of nitrogens with zero attached hydrogens (tertiary/aromatic N) is 1. The van der Waals surface area contributed by atoms with E-state index >= 15 is 0 Å². The first-order chi connectivity index (χ1) is 9.02. The first kappa shape index (κ1) is 15.4. The first-order valence-corrected chi connectivity index (χ1v) is 6.56. The van der Waals surface area contributed by atoms with Gasteiger partial charge < -0.3 is 16.0 Å². The molecular weight excluding hydrogens is 245 g/mol. The van der Waals surface area contributed by atoms with Gasteiger partial charge in [-0.1, -0.05) is 6.92 Å². The number of carbonyl (C=O) groups is 1. The molecule has 0 aliphatic carbocycles. The van der Waals surface area contributed by atoms with Gasteiger partial charge in [-0.25, -0.2) is 4.39 Å². The number of anilines is 2. The SMILES string of the molecule is CCCN(C)CCCC(=O)Nc1ccc(F)cc1N. The van der Waals surface area contributed by atoms with E-state index in [2.05, 4.69) is 17.1 Å². The average Bonchev–Trinajstić information content (AvgIpc) is 2.33. The summed E-state index contributed by atoms with van der Waals surface area (Å²) >= 11 is 0. The van der Waals surface area contributed by atoms with E-state index < -0.39 is 5.82 Å². The highest BCUT2D eigenvalue weighted by atomic mass is 19.1. The summed E-state index contributed by atoms with van der Waals surface area (Å²) in [5.74, 6) is -0.500. The van der Waals surface area contributed by atoms with Crippen LogP contribution < -0.4 is 11.1 Å². The second-order valence-corrected chi connectivity index (χ2v) is 4.69. The number of carbonyl (C=O) groups excluding carboxylic acids is 1. The van der Waals surface area contributed by atoms with Gasteiger partial charge in [0.15, 0.2) is 0 Å². The minimum atomic E-state index is -0.406. The van der Waals surface area contributed by atoms with Crippen molar-refractivity contribution in [2.75, 3.05) is 31.2 Å². The molecule has 19 heavy (non-hydrogen) atoms. The molecule has 0 radical (unpaired) electrons. The number of nitrogen functional groups attached to an aromatic ring is 1. The topological polar surface area (TPSA) is 58.4 Å². The summed E-state index contributed by atoms with van der Waals surface area (Å²) in [6.45, 7) is 4.05. The van der Waals surface area contributed by atoms with Crippen molar-refractivity contribution < 1.29 is 9.18 Å². The van der Waals surface area contributed by atoms with Crippen molar-refractivity contribution in [1.82, 2.24) is 4.90 Å². The molecule has 4 nitrogen and oxygen atoms in total. The predicted octanol–water partition coefficient (Wildman–Crippen LogP) is 2.47. The minimum absolute atomic E-state index is 0.0943. The number of nitrogens with two attached hydrogens (primary N) is 1. The largest absolute Gasteiger partial charge is 0.397 e. The standard InChI is InChI=1S/C14H22FN3O/c1-3-8-18(2)9-4-5-14(19)17-13-7-6-11(15)10-12(13)16/h6-7,10H,3-5,8-9,16H2,1-2H3,(H,17,19). The highest BCUT2D eigenvalue weighted by Crippen LogP contribution is 2.19. The van der Waals surface area contributed by atoms with E-state index in [1.54, 1.807) is 0 Å². The Hall–Kier alpha value is -1.62. The van der Waals surface area contributed by atoms with E-state index in [0.717, 1.165) is 25.9 Å². The van der Waals surface area contributed by atoms with Crippen molar-refractivity contribution in [3.63, 3.8) is 0 Å². The third-order valence-electron chi connectivity index (χ3n) is 2.84. The Morgan fingerprint density at radius 2 is 2.16 bits per heavy atom. The summed E-state index contributed by atoms with van der Waals surface area (Å²) in [4.78, 5) is 13.9. The summed E-state index contributed by atoms with van der Waals surface area (Å²) in [5.41, 5.74) is 6.34. The molecule has 106 valence electrons. The van der Waals surface area contributed by atoms with Gasteiger partial charge in [-0.15, -0.1) is 0 Å². The fraction of sp³-hybridized carbons (Fsp3) is 0.500. The van der Waals surface area contributed by atoms with Crippen LogP contribution in [-0.2, 0) is 4.79 Å². The summed E-state index contributed by atoms with van der Waals surface area (Å²) < 4.78 is 12.9. The van der Waals surface area contributed by atoms with Crippen molar-refractivity contribution in [3.05, 3.63) is 24.0 Å². The van der Waals surface area contributed by atoms with Crippen molar-refractivity contribution >= 4 is 17.3 Å². The molecule has 1 aromatic rings. The van der Waals surface area contributed by atoms with Crippen molar-refractivity contribution in [2.24, 2.45) is 0 Å².